The number of carboxylic acid groups (broad SMARTS) is 1. The first-order valence-corrected chi connectivity index (χ1v) is 4.72. The average molecular weight is 221 g/mol. The van der Waals surface area contributed by atoms with Crippen LogP contribution in [0.3, 0.4) is 0 Å². The number of nitrogens with one attached hydrogen (secondary N) is 1. The molecule has 0 heterocycles. The fourth-order valence-electron chi connectivity index (χ4n) is 1.45. The number of terminal acetylenes is 1. The van der Waals surface area contributed by atoms with E-state index in [2.05, 4.69) is 11.2 Å². The summed E-state index contributed by atoms with van der Waals surface area (Å²) in [6.45, 7) is 1.81. The van der Waals surface area contributed by atoms with Gasteiger partial charge in [-0.05, 0) is 30.2 Å². The molecule has 1 aromatic carbocycles. The zero-order chi connectivity index (χ0) is 12.1. The van der Waals surface area contributed by atoms with Gasteiger partial charge in [0.15, 0.2) is 0 Å². The fraction of sp³-hybridized carbons (Fsp3) is 0.250. The summed E-state index contributed by atoms with van der Waals surface area (Å²) in [6.07, 6.45) is 5.05. The molecule has 0 aromatic heterocycles. The van der Waals surface area contributed by atoms with E-state index < -0.39 is 12.0 Å². The number of halogens is 1. The molecule has 0 aliphatic rings. The first kappa shape index (κ1) is 12.2. The molecule has 0 saturated heterocycles. The lowest BCUT2D eigenvalue weighted by Gasteiger charge is -2.15. The third-order valence-electron chi connectivity index (χ3n) is 2.20. The number of hydrogen-bond donors (Lipinski definition) is 2. The molecule has 2 N–H and O–H groups in total. The highest BCUT2D eigenvalue weighted by Crippen LogP contribution is 2.18. The van der Waals surface area contributed by atoms with E-state index in [9.17, 15) is 9.18 Å². The summed E-state index contributed by atoms with van der Waals surface area (Å²) in [7, 11) is 0. The van der Waals surface area contributed by atoms with Crippen molar-refractivity contribution >= 4 is 5.97 Å². The summed E-state index contributed by atoms with van der Waals surface area (Å²) in [4.78, 5) is 11.0. The van der Waals surface area contributed by atoms with Gasteiger partial charge in [-0.25, -0.2) is 4.39 Å². The topological polar surface area (TPSA) is 49.3 Å². The van der Waals surface area contributed by atoms with Gasteiger partial charge in [-0.3, -0.25) is 10.1 Å². The Morgan fingerprint density at radius 2 is 2.38 bits per heavy atom. The molecule has 0 radical (unpaired) electrons. The number of aliphatic carboxylic acids is 1. The Kier molecular flexibility index (Phi) is 4.03. The van der Waals surface area contributed by atoms with Crippen molar-refractivity contribution in [1.29, 1.82) is 0 Å². The Morgan fingerprint density at radius 3 is 2.88 bits per heavy atom. The molecule has 1 unspecified atom stereocenters. The first-order chi connectivity index (χ1) is 7.56. The maximum atomic E-state index is 12.9. The van der Waals surface area contributed by atoms with Crippen molar-refractivity contribution in [3.63, 3.8) is 0 Å². The largest absolute Gasteiger partial charge is 0.480 e. The Labute approximate surface area is 93.3 Å². The summed E-state index contributed by atoms with van der Waals surface area (Å²) in [5.74, 6) is 0.881. The molecule has 0 aliphatic heterocycles. The van der Waals surface area contributed by atoms with Crippen LogP contribution in [0.1, 0.15) is 17.2 Å². The summed E-state index contributed by atoms with van der Waals surface area (Å²) in [6, 6.07) is 3.07. The van der Waals surface area contributed by atoms with Crippen molar-refractivity contribution < 1.29 is 14.3 Å². The van der Waals surface area contributed by atoms with Crippen LogP contribution in [0.4, 0.5) is 4.39 Å². The van der Waals surface area contributed by atoms with Crippen LogP contribution in [0, 0.1) is 25.1 Å². The van der Waals surface area contributed by atoms with Gasteiger partial charge in [0.25, 0.3) is 0 Å². The summed E-state index contributed by atoms with van der Waals surface area (Å²) >= 11 is 0. The Balaban J connectivity index is 3.02. The maximum Gasteiger partial charge on any atom is 0.325 e. The van der Waals surface area contributed by atoms with E-state index in [4.69, 9.17) is 11.5 Å². The second-order valence-electron chi connectivity index (χ2n) is 3.36. The highest BCUT2D eigenvalue weighted by Gasteiger charge is 2.20. The van der Waals surface area contributed by atoms with E-state index in [0.717, 1.165) is 0 Å². The lowest BCUT2D eigenvalue weighted by atomic mass is 10.0. The minimum Gasteiger partial charge on any atom is -0.480 e. The third-order valence-corrected chi connectivity index (χ3v) is 2.20. The molecule has 3 nitrogen and oxygen atoms in total. The molecule has 1 aromatic rings. The first-order valence-electron chi connectivity index (χ1n) is 4.72. The highest BCUT2D eigenvalue weighted by atomic mass is 19.1. The van der Waals surface area contributed by atoms with Gasteiger partial charge in [-0.2, -0.15) is 0 Å². The normalized spacial score (nSPS) is 11.8. The van der Waals surface area contributed by atoms with Crippen LogP contribution in [-0.4, -0.2) is 17.6 Å². The molecule has 0 amide bonds. The summed E-state index contributed by atoms with van der Waals surface area (Å²) < 4.78 is 12.9. The van der Waals surface area contributed by atoms with Gasteiger partial charge in [-0.1, -0.05) is 12.0 Å². The van der Waals surface area contributed by atoms with Crippen LogP contribution in [-0.2, 0) is 4.79 Å². The molecule has 1 rings (SSSR count). The van der Waals surface area contributed by atoms with Crippen molar-refractivity contribution in [2.24, 2.45) is 0 Å². The Morgan fingerprint density at radius 1 is 1.69 bits per heavy atom. The molecular formula is C12H12FNO2. The van der Waals surface area contributed by atoms with Crippen molar-refractivity contribution in [3.8, 4) is 12.3 Å². The van der Waals surface area contributed by atoms with Gasteiger partial charge >= 0.3 is 5.97 Å². The van der Waals surface area contributed by atoms with E-state index in [1.165, 1.54) is 18.2 Å². The number of hydrogen-bond acceptors (Lipinski definition) is 2. The zero-order valence-corrected chi connectivity index (χ0v) is 8.83. The molecule has 0 fully saturated rings. The molecular weight excluding hydrogens is 209 g/mol. The van der Waals surface area contributed by atoms with Crippen LogP contribution >= 0.6 is 0 Å². The lowest BCUT2D eigenvalue weighted by Crippen LogP contribution is -2.29. The molecule has 1 atom stereocenters. The van der Waals surface area contributed by atoms with Crippen molar-refractivity contribution in [2.75, 3.05) is 6.54 Å². The van der Waals surface area contributed by atoms with Crippen LogP contribution in [0.25, 0.3) is 0 Å². The smallest absolute Gasteiger partial charge is 0.325 e. The molecule has 84 valence electrons. The molecule has 16 heavy (non-hydrogen) atoms. The standard InChI is InChI=1S/C12H12FNO2/c1-3-6-14-11(12(15)16)10-5-4-9(13)7-8(10)2/h1,4-5,7,11,14H,6H2,2H3,(H,15,16). The lowest BCUT2D eigenvalue weighted by molar-refractivity contribution is -0.139. The van der Waals surface area contributed by atoms with E-state index >= 15 is 0 Å². The van der Waals surface area contributed by atoms with Gasteiger partial charge < -0.3 is 5.11 Å². The van der Waals surface area contributed by atoms with Crippen LogP contribution in [0.15, 0.2) is 18.2 Å². The van der Waals surface area contributed by atoms with Crippen LogP contribution < -0.4 is 5.32 Å². The van der Waals surface area contributed by atoms with Crippen molar-refractivity contribution in [2.45, 2.75) is 13.0 Å². The van der Waals surface area contributed by atoms with Gasteiger partial charge in [0.05, 0.1) is 6.54 Å². The predicted molar refractivity (Wildman–Crippen MR) is 58.3 cm³/mol. The van der Waals surface area contributed by atoms with E-state index in [0.29, 0.717) is 11.1 Å². The average Bonchev–Trinajstić information content (AvgIpc) is 2.20. The monoisotopic (exact) mass is 221 g/mol. The summed E-state index contributed by atoms with van der Waals surface area (Å²) in [5.41, 5.74) is 1.10. The van der Waals surface area contributed by atoms with Crippen LogP contribution in [0.2, 0.25) is 0 Å². The fourth-order valence-corrected chi connectivity index (χ4v) is 1.45. The Hall–Kier alpha value is -1.86. The molecule has 0 bridgehead atoms. The summed E-state index contributed by atoms with van der Waals surface area (Å²) in [5, 5.41) is 11.7. The SMILES string of the molecule is C#CCNC(C(=O)O)c1ccc(F)cc1C. The molecule has 4 heteroatoms. The van der Waals surface area contributed by atoms with E-state index in [-0.39, 0.29) is 12.4 Å². The zero-order valence-electron chi connectivity index (χ0n) is 8.83. The predicted octanol–water partition coefficient (Wildman–Crippen LogP) is 1.48. The molecule has 0 spiro atoms. The number of rotatable bonds is 4. The number of aryl methyl sites for hydroxylation is 1. The number of carbonyl (C=O) groups is 1. The highest BCUT2D eigenvalue weighted by molar-refractivity contribution is 5.76. The van der Waals surface area contributed by atoms with Gasteiger partial charge in [0.1, 0.15) is 11.9 Å². The van der Waals surface area contributed by atoms with Gasteiger partial charge in [0.2, 0.25) is 0 Å². The molecule has 0 aliphatic carbocycles. The quantitative estimate of drug-likeness (QED) is 0.757. The molecule has 0 saturated carbocycles. The van der Waals surface area contributed by atoms with E-state index in [1.54, 1.807) is 6.92 Å². The second-order valence-corrected chi connectivity index (χ2v) is 3.36. The van der Waals surface area contributed by atoms with E-state index in [1.807, 2.05) is 0 Å². The van der Waals surface area contributed by atoms with Gasteiger partial charge in [0, 0.05) is 0 Å². The second kappa shape index (κ2) is 5.29. The van der Waals surface area contributed by atoms with Gasteiger partial charge in [-0.15, -0.1) is 6.42 Å². The maximum absolute atomic E-state index is 12.9. The van der Waals surface area contributed by atoms with Crippen LogP contribution in [0.5, 0.6) is 0 Å². The van der Waals surface area contributed by atoms with Crippen molar-refractivity contribution in [1.82, 2.24) is 5.32 Å². The minimum atomic E-state index is -1.04. The number of carboxylic acids is 1. The van der Waals surface area contributed by atoms with Crippen molar-refractivity contribution in [3.05, 3.63) is 35.1 Å². The Bertz CT molecular complexity index is 437. The minimum absolute atomic E-state index is 0.147. The number of benzene rings is 1. The third kappa shape index (κ3) is 2.81.